The van der Waals surface area contributed by atoms with Gasteiger partial charge in [0.25, 0.3) is 5.91 Å². The van der Waals surface area contributed by atoms with Crippen LogP contribution in [0.25, 0.3) is 0 Å². The van der Waals surface area contributed by atoms with Gasteiger partial charge in [-0.1, -0.05) is 23.2 Å². The fourth-order valence-electron chi connectivity index (χ4n) is 2.92. The van der Waals surface area contributed by atoms with Crippen molar-refractivity contribution in [1.29, 1.82) is 0 Å². The second-order valence-electron chi connectivity index (χ2n) is 4.90. The van der Waals surface area contributed by atoms with Gasteiger partial charge in [0, 0.05) is 30.7 Å². The van der Waals surface area contributed by atoms with Gasteiger partial charge in [-0.25, -0.2) is 0 Å². The first-order chi connectivity index (χ1) is 8.66. The van der Waals surface area contributed by atoms with Crippen molar-refractivity contribution in [2.24, 2.45) is 5.92 Å². The number of hydrogen-bond donors (Lipinski definition) is 1. The highest BCUT2D eigenvalue weighted by molar-refractivity contribution is 6.36. The molecule has 2 saturated heterocycles. The maximum Gasteiger partial charge on any atom is 0.255 e. The molecule has 18 heavy (non-hydrogen) atoms. The topological polar surface area (TPSA) is 32.3 Å². The van der Waals surface area contributed by atoms with Crippen LogP contribution in [-0.4, -0.2) is 36.5 Å². The van der Waals surface area contributed by atoms with E-state index in [-0.39, 0.29) is 5.91 Å². The standard InChI is InChI=1S/C13H14Cl2N2O/c14-9-1-2-10(11(15)5-9)13(18)17-4-3-8-6-16-7-12(8)17/h1-2,5,8,12,16H,3-4,6-7H2/t8-,12+/m0/s1. The highest BCUT2D eigenvalue weighted by Gasteiger charge is 2.40. The first kappa shape index (κ1) is 12.3. The average molecular weight is 285 g/mol. The van der Waals surface area contributed by atoms with Gasteiger partial charge in [0.15, 0.2) is 0 Å². The second kappa shape index (κ2) is 4.72. The fourth-order valence-corrected chi connectivity index (χ4v) is 3.41. The van der Waals surface area contributed by atoms with E-state index in [2.05, 4.69) is 5.32 Å². The number of nitrogens with one attached hydrogen (secondary N) is 1. The summed E-state index contributed by atoms with van der Waals surface area (Å²) in [7, 11) is 0. The molecule has 2 atom stereocenters. The number of nitrogens with zero attached hydrogens (tertiary/aromatic N) is 1. The van der Waals surface area contributed by atoms with E-state index >= 15 is 0 Å². The summed E-state index contributed by atoms with van der Waals surface area (Å²) in [5.74, 6) is 0.618. The van der Waals surface area contributed by atoms with E-state index < -0.39 is 0 Å². The zero-order chi connectivity index (χ0) is 12.7. The molecule has 1 aromatic carbocycles. The molecule has 2 heterocycles. The van der Waals surface area contributed by atoms with E-state index in [0.717, 1.165) is 26.1 Å². The van der Waals surface area contributed by atoms with Crippen LogP contribution in [0.5, 0.6) is 0 Å². The van der Waals surface area contributed by atoms with Crippen LogP contribution >= 0.6 is 23.2 Å². The van der Waals surface area contributed by atoms with E-state index in [9.17, 15) is 4.79 Å². The van der Waals surface area contributed by atoms with Crippen LogP contribution in [0.1, 0.15) is 16.8 Å². The van der Waals surface area contributed by atoms with E-state index in [4.69, 9.17) is 23.2 Å². The fraction of sp³-hybridized carbons (Fsp3) is 0.462. The van der Waals surface area contributed by atoms with E-state index in [0.29, 0.717) is 27.6 Å². The zero-order valence-electron chi connectivity index (χ0n) is 9.83. The van der Waals surface area contributed by atoms with Gasteiger partial charge in [0.2, 0.25) is 0 Å². The average Bonchev–Trinajstić information content (AvgIpc) is 2.89. The number of benzene rings is 1. The third kappa shape index (κ3) is 2.00. The van der Waals surface area contributed by atoms with E-state index in [1.54, 1.807) is 18.2 Å². The monoisotopic (exact) mass is 284 g/mol. The molecule has 1 amide bonds. The van der Waals surface area contributed by atoms with Gasteiger partial charge < -0.3 is 10.2 Å². The third-order valence-corrected chi connectivity index (χ3v) is 4.42. The summed E-state index contributed by atoms with van der Waals surface area (Å²) in [6.45, 7) is 2.74. The molecule has 0 aromatic heterocycles. The van der Waals surface area contributed by atoms with Crippen LogP contribution < -0.4 is 5.32 Å². The van der Waals surface area contributed by atoms with Crippen LogP contribution in [0.4, 0.5) is 0 Å². The minimum absolute atomic E-state index is 0.0212. The summed E-state index contributed by atoms with van der Waals surface area (Å²) >= 11 is 11.9. The number of halogens is 2. The van der Waals surface area contributed by atoms with E-state index in [1.165, 1.54) is 0 Å². The zero-order valence-corrected chi connectivity index (χ0v) is 11.3. The minimum atomic E-state index is 0.0212. The van der Waals surface area contributed by atoms with Gasteiger partial charge in [0.05, 0.1) is 10.6 Å². The largest absolute Gasteiger partial charge is 0.334 e. The van der Waals surface area contributed by atoms with Crippen molar-refractivity contribution in [2.45, 2.75) is 12.5 Å². The highest BCUT2D eigenvalue weighted by atomic mass is 35.5. The SMILES string of the molecule is O=C(c1ccc(Cl)cc1Cl)N1CC[C@H]2CNC[C@H]21. The lowest BCUT2D eigenvalue weighted by atomic mass is 10.0. The predicted molar refractivity (Wildman–Crippen MR) is 72.3 cm³/mol. The quantitative estimate of drug-likeness (QED) is 0.859. The van der Waals surface area contributed by atoms with Crippen molar-refractivity contribution < 1.29 is 4.79 Å². The maximum absolute atomic E-state index is 12.5. The summed E-state index contributed by atoms with van der Waals surface area (Å²) in [6, 6.07) is 5.37. The normalized spacial score (nSPS) is 26.4. The molecular weight excluding hydrogens is 271 g/mol. The Morgan fingerprint density at radius 1 is 1.33 bits per heavy atom. The van der Waals surface area contributed by atoms with Gasteiger partial charge >= 0.3 is 0 Å². The highest BCUT2D eigenvalue weighted by Crippen LogP contribution is 2.30. The molecule has 0 bridgehead atoms. The lowest BCUT2D eigenvalue weighted by molar-refractivity contribution is 0.0737. The molecule has 3 rings (SSSR count). The summed E-state index contributed by atoms with van der Waals surface area (Å²) < 4.78 is 0. The van der Waals surface area contributed by atoms with Gasteiger partial charge in [-0.2, -0.15) is 0 Å². The summed E-state index contributed by atoms with van der Waals surface area (Å²) in [4.78, 5) is 14.4. The van der Waals surface area contributed by atoms with Gasteiger partial charge in [-0.3, -0.25) is 4.79 Å². The minimum Gasteiger partial charge on any atom is -0.334 e. The smallest absolute Gasteiger partial charge is 0.255 e. The molecule has 0 radical (unpaired) electrons. The van der Waals surface area contributed by atoms with Gasteiger partial charge in [0.1, 0.15) is 0 Å². The molecule has 1 aromatic rings. The molecule has 5 heteroatoms. The molecule has 0 unspecified atom stereocenters. The Bertz CT molecular complexity index is 492. The molecule has 2 aliphatic heterocycles. The summed E-state index contributed by atoms with van der Waals surface area (Å²) in [6.07, 6.45) is 1.08. The Balaban J connectivity index is 1.86. The van der Waals surface area contributed by atoms with Crippen molar-refractivity contribution in [2.75, 3.05) is 19.6 Å². The van der Waals surface area contributed by atoms with Crippen LogP contribution in [0.2, 0.25) is 10.0 Å². The molecule has 0 aliphatic carbocycles. The molecule has 96 valence electrons. The van der Waals surface area contributed by atoms with Crippen molar-refractivity contribution >= 4 is 29.1 Å². The van der Waals surface area contributed by atoms with Gasteiger partial charge in [-0.05, 0) is 30.5 Å². The van der Waals surface area contributed by atoms with E-state index in [1.807, 2.05) is 4.90 Å². The Morgan fingerprint density at radius 2 is 2.17 bits per heavy atom. The Hall–Kier alpha value is -0.770. The number of carbonyl (C=O) groups is 1. The molecule has 2 aliphatic rings. The van der Waals surface area contributed by atoms with Crippen molar-refractivity contribution in [3.63, 3.8) is 0 Å². The predicted octanol–water partition coefficient (Wildman–Crippen LogP) is 2.43. The Labute approximate surface area is 116 Å². The number of fused-ring (bicyclic) bond motifs is 1. The molecule has 0 spiro atoms. The summed E-state index contributed by atoms with van der Waals surface area (Å²) in [5.41, 5.74) is 0.550. The van der Waals surface area contributed by atoms with Crippen LogP contribution in [0.15, 0.2) is 18.2 Å². The van der Waals surface area contributed by atoms with Crippen molar-refractivity contribution in [1.82, 2.24) is 10.2 Å². The number of hydrogen-bond acceptors (Lipinski definition) is 2. The molecule has 2 fully saturated rings. The van der Waals surface area contributed by atoms with Crippen molar-refractivity contribution in [3.8, 4) is 0 Å². The summed E-state index contributed by atoms with van der Waals surface area (Å²) in [5, 5.41) is 4.32. The lowest BCUT2D eigenvalue weighted by Gasteiger charge is -2.23. The first-order valence-electron chi connectivity index (χ1n) is 6.13. The third-order valence-electron chi connectivity index (χ3n) is 3.87. The van der Waals surface area contributed by atoms with Crippen LogP contribution in [0.3, 0.4) is 0 Å². The second-order valence-corrected chi connectivity index (χ2v) is 5.74. The molecular formula is C13H14Cl2N2O. The number of rotatable bonds is 1. The maximum atomic E-state index is 12.5. The number of carbonyl (C=O) groups excluding carboxylic acids is 1. The number of likely N-dealkylation sites (tertiary alicyclic amines) is 1. The number of amides is 1. The van der Waals surface area contributed by atoms with Crippen LogP contribution in [-0.2, 0) is 0 Å². The lowest BCUT2D eigenvalue weighted by Crippen LogP contribution is -2.39. The van der Waals surface area contributed by atoms with Crippen LogP contribution in [0, 0.1) is 5.92 Å². The van der Waals surface area contributed by atoms with Crippen molar-refractivity contribution in [3.05, 3.63) is 33.8 Å². The Morgan fingerprint density at radius 3 is 2.94 bits per heavy atom. The first-order valence-corrected chi connectivity index (χ1v) is 6.89. The molecule has 1 N–H and O–H groups in total. The molecule has 0 saturated carbocycles. The Kier molecular flexibility index (Phi) is 3.22. The van der Waals surface area contributed by atoms with Gasteiger partial charge in [-0.15, -0.1) is 0 Å². The molecule has 3 nitrogen and oxygen atoms in total.